The number of hydrogen-bond acceptors (Lipinski definition) is 5. The second kappa shape index (κ2) is 12.1. The van der Waals surface area contributed by atoms with E-state index in [-0.39, 0.29) is 23.9 Å². The van der Waals surface area contributed by atoms with Crippen molar-refractivity contribution in [2.24, 2.45) is 0 Å². The fraction of sp³-hybridized carbons (Fsp3) is 0.231. The molecule has 3 aromatic rings. The molecule has 0 aliphatic carbocycles. The van der Waals surface area contributed by atoms with Crippen LogP contribution in [0.5, 0.6) is 0 Å². The third-order valence-corrected chi connectivity index (χ3v) is 6.61. The fourth-order valence-corrected chi connectivity index (χ4v) is 4.36. The Hall–Kier alpha value is -3.49. The van der Waals surface area contributed by atoms with Gasteiger partial charge in [0.2, 0.25) is 10.0 Å². The number of rotatable bonds is 11. The Balaban J connectivity index is 1.47. The maximum atomic E-state index is 12.5. The zero-order chi connectivity index (χ0) is 24.4. The lowest BCUT2D eigenvalue weighted by Gasteiger charge is -2.19. The Kier molecular flexibility index (Phi) is 8.95. The van der Waals surface area contributed by atoms with Crippen molar-refractivity contribution in [3.05, 3.63) is 102 Å². The molecule has 0 aliphatic rings. The van der Waals surface area contributed by atoms with Crippen molar-refractivity contribution in [3.63, 3.8) is 0 Å². The number of esters is 1. The zero-order valence-electron chi connectivity index (χ0n) is 18.9. The van der Waals surface area contributed by atoms with Crippen LogP contribution in [0.2, 0.25) is 0 Å². The minimum absolute atomic E-state index is 0.121. The quantitative estimate of drug-likeness (QED) is 0.410. The molecule has 3 rings (SSSR count). The molecule has 0 radical (unpaired) electrons. The van der Waals surface area contributed by atoms with Gasteiger partial charge in [-0.1, -0.05) is 78.4 Å². The summed E-state index contributed by atoms with van der Waals surface area (Å²) in [7, 11) is -3.72. The number of ether oxygens (including phenoxy) is 1. The van der Waals surface area contributed by atoms with Crippen LogP contribution in [0.25, 0.3) is 0 Å². The van der Waals surface area contributed by atoms with E-state index in [9.17, 15) is 18.0 Å². The largest absolute Gasteiger partial charge is 0.456 e. The Bertz CT molecular complexity index is 1180. The first-order chi connectivity index (χ1) is 16.3. The van der Waals surface area contributed by atoms with Gasteiger partial charge in [-0.25, -0.2) is 13.1 Å². The molecule has 8 heteroatoms. The summed E-state index contributed by atoms with van der Waals surface area (Å²) in [6.07, 6.45) is 0.399. The highest BCUT2D eigenvalue weighted by molar-refractivity contribution is 7.89. The van der Waals surface area contributed by atoms with Gasteiger partial charge in [0.15, 0.2) is 6.61 Å². The molecule has 1 unspecified atom stereocenters. The van der Waals surface area contributed by atoms with Gasteiger partial charge in [0.05, 0.1) is 17.4 Å². The molecule has 0 fully saturated rings. The normalized spacial score (nSPS) is 12.0. The summed E-state index contributed by atoms with van der Waals surface area (Å²) in [5, 5.41) is 2.92. The van der Waals surface area contributed by atoms with Crippen molar-refractivity contribution in [2.45, 2.75) is 30.7 Å². The Morgan fingerprint density at radius 3 is 2.15 bits per heavy atom. The van der Waals surface area contributed by atoms with Gasteiger partial charge in [0.25, 0.3) is 5.91 Å². The molecule has 178 valence electrons. The van der Waals surface area contributed by atoms with Crippen LogP contribution in [0.1, 0.15) is 29.2 Å². The topological polar surface area (TPSA) is 102 Å². The van der Waals surface area contributed by atoms with Crippen molar-refractivity contribution >= 4 is 21.9 Å². The first kappa shape index (κ1) is 25.1. The van der Waals surface area contributed by atoms with Crippen molar-refractivity contribution in [1.29, 1.82) is 0 Å². The first-order valence-corrected chi connectivity index (χ1v) is 12.4. The number of benzene rings is 3. The molecule has 0 spiro atoms. The van der Waals surface area contributed by atoms with Gasteiger partial charge in [-0.2, -0.15) is 0 Å². The minimum atomic E-state index is -3.72. The van der Waals surface area contributed by atoms with E-state index in [1.165, 1.54) is 12.1 Å². The smallest absolute Gasteiger partial charge is 0.307 e. The van der Waals surface area contributed by atoms with E-state index >= 15 is 0 Å². The van der Waals surface area contributed by atoms with Gasteiger partial charge >= 0.3 is 5.97 Å². The predicted molar refractivity (Wildman–Crippen MR) is 129 cm³/mol. The van der Waals surface area contributed by atoms with Crippen molar-refractivity contribution in [3.8, 4) is 0 Å². The Labute approximate surface area is 200 Å². The summed E-state index contributed by atoms with van der Waals surface area (Å²) in [5.74, 6) is -1.10. The predicted octanol–water partition coefficient (Wildman–Crippen LogP) is 3.31. The monoisotopic (exact) mass is 480 g/mol. The number of nitrogens with one attached hydrogen (secondary N) is 2. The van der Waals surface area contributed by atoms with Crippen LogP contribution in [-0.2, 0) is 30.8 Å². The number of sulfonamides is 1. The van der Waals surface area contributed by atoms with Gasteiger partial charge < -0.3 is 10.1 Å². The molecule has 0 heterocycles. The maximum Gasteiger partial charge on any atom is 0.307 e. The van der Waals surface area contributed by atoms with Crippen LogP contribution in [-0.4, -0.2) is 33.4 Å². The Morgan fingerprint density at radius 1 is 0.882 bits per heavy atom. The van der Waals surface area contributed by atoms with Gasteiger partial charge in [0.1, 0.15) is 0 Å². The lowest BCUT2D eigenvalue weighted by molar-refractivity contribution is -0.148. The SMILES string of the molecule is Cc1ccc(S(=O)(=O)NCCC(=O)OCC(=O)NC(Cc2ccccc2)c2ccccc2)cc1. The average Bonchev–Trinajstić information content (AvgIpc) is 2.84. The van der Waals surface area contributed by atoms with E-state index in [0.717, 1.165) is 16.7 Å². The molecule has 0 saturated heterocycles. The van der Waals surface area contributed by atoms with Crippen LogP contribution in [0.3, 0.4) is 0 Å². The van der Waals surface area contributed by atoms with E-state index in [4.69, 9.17) is 4.74 Å². The Morgan fingerprint density at radius 2 is 1.50 bits per heavy atom. The fourth-order valence-electron chi connectivity index (χ4n) is 3.33. The molecule has 0 bridgehead atoms. The van der Waals surface area contributed by atoms with E-state index in [1.807, 2.05) is 67.6 Å². The standard InChI is InChI=1S/C26H28N2O5S/c1-20-12-14-23(15-13-20)34(31,32)27-17-16-26(30)33-19-25(29)28-24(22-10-6-3-7-11-22)18-21-8-4-2-5-9-21/h2-15,24,27H,16-19H2,1H3,(H,28,29). The minimum Gasteiger partial charge on any atom is -0.456 e. The van der Waals surface area contributed by atoms with Crippen LogP contribution >= 0.6 is 0 Å². The van der Waals surface area contributed by atoms with Gasteiger partial charge in [0, 0.05) is 6.54 Å². The zero-order valence-corrected chi connectivity index (χ0v) is 19.8. The van der Waals surface area contributed by atoms with Gasteiger partial charge in [-0.15, -0.1) is 0 Å². The average molecular weight is 481 g/mol. The van der Waals surface area contributed by atoms with Gasteiger partial charge in [-0.05, 0) is 36.6 Å². The maximum absolute atomic E-state index is 12.5. The van der Waals surface area contributed by atoms with E-state index in [1.54, 1.807) is 12.1 Å². The summed E-state index contributed by atoms with van der Waals surface area (Å²) < 4.78 is 31.9. The van der Waals surface area contributed by atoms with E-state index in [2.05, 4.69) is 10.0 Å². The van der Waals surface area contributed by atoms with Crippen LogP contribution < -0.4 is 10.0 Å². The molecule has 2 N–H and O–H groups in total. The molecule has 3 aromatic carbocycles. The van der Waals surface area contributed by atoms with Crippen molar-refractivity contribution in [2.75, 3.05) is 13.2 Å². The third-order valence-electron chi connectivity index (χ3n) is 5.14. The number of hydrogen-bond donors (Lipinski definition) is 2. The molecular weight excluding hydrogens is 452 g/mol. The highest BCUT2D eigenvalue weighted by Crippen LogP contribution is 2.18. The molecule has 34 heavy (non-hydrogen) atoms. The summed E-state index contributed by atoms with van der Waals surface area (Å²) in [6, 6.07) is 25.5. The van der Waals surface area contributed by atoms with Crippen LogP contribution in [0.15, 0.2) is 89.8 Å². The summed E-state index contributed by atoms with van der Waals surface area (Å²) in [6.45, 7) is 1.29. The highest BCUT2D eigenvalue weighted by atomic mass is 32.2. The van der Waals surface area contributed by atoms with E-state index < -0.39 is 28.5 Å². The number of aryl methyl sites for hydroxylation is 1. The molecule has 0 saturated carbocycles. The van der Waals surface area contributed by atoms with Crippen molar-refractivity contribution < 1.29 is 22.7 Å². The molecule has 7 nitrogen and oxygen atoms in total. The third kappa shape index (κ3) is 7.83. The first-order valence-electron chi connectivity index (χ1n) is 10.9. The molecule has 1 atom stereocenters. The summed E-state index contributed by atoms with van der Waals surface area (Å²) in [4.78, 5) is 24.6. The lowest BCUT2D eigenvalue weighted by atomic mass is 9.99. The molecule has 1 amide bonds. The highest BCUT2D eigenvalue weighted by Gasteiger charge is 2.18. The second-order valence-corrected chi connectivity index (χ2v) is 9.61. The number of carbonyl (C=O) groups excluding carboxylic acids is 2. The molecule has 0 aliphatic heterocycles. The van der Waals surface area contributed by atoms with Crippen molar-refractivity contribution in [1.82, 2.24) is 10.0 Å². The van der Waals surface area contributed by atoms with Crippen LogP contribution in [0, 0.1) is 6.92 Å². The number of amides is 1. The molecular formula is C26H28N2O5S. The molecule has 0 aromatic heterocycles. The lowest BCUT2D eigenvalue weighted by Crippen LogP contribution is -2.34. The summed E-state index contributed by atoms with van der Waals surface area (Å²) in [5.41, 5.74) is 2.95. The van der Waals surface area contributed by atoms with E-state index in [0.29, 0.717) is 6.42 Å². The second-order valence-electron chi connectivity index (χ2n) is 7.84. The van der Waals surface area contributed by atoms with Crippen LogP contribution in [0.4, 0.5) is 0 Å². The number of carbonyl (C=O) groups is 2. The van der Waals surface area contributed by atoms with Gasteiger partial charge in [-0.3, -0.25) is 9.59 Å². The summed E-state index contributed by atoms with van der Waals surface area (Å²) >= 11 is 0.